The van der Waals surface area contributed by atoms with Crippen LogP contribution in [0.25, 0.3) is 0 Å². The Morgan fingerprint density at radius 2 is 1.86 bits per heavy atom. The van der Waals surface area contributed by atoms with Crippen molar-refractivity contribution in [2.45, 2.75) is 18.9 Å². The zero-order chi connectivity index (χ0) is 20.1. The maximum atomic E-state index is 12.6. The van der Waals surface area contributed by atoms with Crippen molar-refractivity contribution in [1.82, 2.24) is 0 Å². The number of carbonyl (C=O) groups is 1. The molecule has 0 radical (unpaired) electrons. The number of methoxy groups -OCH3 is 2. The van der Waals surface area contributed by atoms with E-state index in [-0.39, 0.29) is 25.3 Å². The molecule has 5 rings (SSSR count). The fraction of sp³-hybridized carbons (Fsp3) is 0.318. The van der Waals surface area contributed by atoms with E-state index < -0.39 is 0 Å². The van der Waals surface area contributed by atoms with Gasteiger partial charge in [0.2, 0.25) is 6.79 Å². The van der Waals surface area contributed by atoms with Crippen LogP contribution in [0.4, 0.5) is 0 Å². The Hall–Kier alpha value is -3.19. The van der Waals surface area contributed by atoms with Gasteiger partial charge in [-0.3, -0.25) is 0 Å². The van der Waals surface area contributed by atoms with Crippen LogP contribution in [0, 0.1) is 0 Å². The quantitative estimate of drug-likeness (QED) is 0.795. The second-order valence-electron chi connectivity index (χ2n) is 7.18. The molecule has 0 saturated heterocycles. The minimum Gasteiger partial charge on any atom is -0.493 e. The third kappa shape index (κ3) is 2.65. The molecule has 1 N–H and O–H groups in total. The molecule has 29 heavy (non-hydrogen) atoms. The number of rotatable bonds is 4. The summed E-state index contributed by atoms with van der Waals surface area (Å²) in [6, 6.07) is 7.61. The molecule has 0 fully saturated rings. The minimum absolute atomic E-state index is 0.184. The lowest BCUT2D eigenvalue weighted by molar-refractivity contribution is -0.136. The maximum absolute atomic E-state index is 12.6. The number of benzene rings is 2. The average molecular weight is 396 g/mol. The average Bonchev–Trinajstić information content (AvgIpc) is 3.35. The maximum Gasteiger partial charge on any atom is 0.335 e. The summed E-state index contributed by atoms with van der Waals surface area (Å²) < 4.78 is 27.4. The molecule has 0 bridgehead atoms. The van der Waals surface area contributed by atoms with Crippen LogP contribution in [-0.4, -0.2) is 38.7 Å². The number of fused-ring (bicyclic) bond motifs is 2. The third-order valence-corrected chi connectivity index (χ3v) is 5.70. The molecule has 3 aliphatic rings. The Morgan fingerprint density at radius 1 is 1.07 bits per heavy atom. The lowest BCUT2D eigenvalue weighted by Crippen LogP contribution is -2.18. The summed E-state index contributed by atoms with van der Waals surface area (Å²) in [5.74, 6) is 1.67. The first-order chi connectivity index (χ1) is 14.1. The Morgan fingerprint density at radius 3 is 2.59 bits per heavy atom. The summed E-state index contributed by atoms with van der Waals surface area (Å²) in [5, 5.41) is 9.88. The van der Waals surface area contributed by atoms with Crippen LogP contribution in [0.2, 0.25) is 0 Å². The molecule has 0 saturated carbocycles. The van der Waals surface area contributed by atoms with E-state index in [1.54, 1.807) is 7.11 Å². The van der Waals surface area contributed by atoms with Gasteiger partial charge in [-0.2, -0.15) is 0 Å². The molecule has 2 aromatic rings. The SMILES string of the molecule is COc1cc(C2C3=C(COC3=O)Cc3cc4c(cc32)OCO4)cc(CO)c1OC. The van der Waals surface area contributed by atoms with Crippen molar-refractivity contribution < 1.29 is 33.6 Å². The molecule has 0 amide bonds. The summed E-state index contributed by atoms with van der Waals surface area (Å²) in [4.78, 5) is 12.6. The van der Waals surface area contributed by atoms with Gasteiger partial charge in [0.15, 0.2) is 23.0 Å². The van der Waals surface area contributed by atoms with E-state index in [0.717, 1.165) is 22.3 Å². The Bertz CT molecular complexity index is 1030. The highest BCUT2D eigenvalue weighted by Crippen LogP contribution is 2.49. The molecule has 1 atom stereocenters. The minimum atomic E-state index is -0.358. The molecular formula is C22H20O7. The van der Waals surface area contributed by atoms with E-state index >= 15 is 0 Å². The molecule has 7 heteroatoms. The standard InChI is InChI=1S/C22H20O7/c1-25-18-6-12(4-13(8-23)21(18)26-2)19-15-7-17-16(28-10-29-17)5-11(15)3-14-9-27-22(24)20(14)19/h4-7,19,23H,3,8-10H2,1-2H3. The van der Waals surface area contributed by atoms with Crippen molar-refractivity contribution in [1.29, 1.82) is 0 Å². The van der Waals surface area contributed by atoms with E-state index in [2.05, 4.69) is 0 Å². The molecule has 2 aliphatic heterocycles. The zero-order valence-electron chi connectivity index (χ0n) is 16.1. The molecule has 2 aromatic carbocycles. The van der Waals surface area contributed by atoms with Crippen molar-refractivity contribution in [2.24, 2.45) is 0 Å². The van der Waals surface area contributed by atoms with Gasteiger partial charge in [-0.25, -0.2) is 4.79 Å². The largest absolute Gasteiger partial charge is 0.493 e. The monoisotopic (exact) mass is 396 g/mol. The number of aliphatic hydroxyl groups is 1. The van der Waals surface area contributed by atoms with Gasteiger partial charge in [-0.05, 0) is 52.9 Å². The number of carbonyl (C=O) groups excluding carboxylic acids is 1. The van der Waals surface area contributed by atoms with Gasteiger partial charge in [-0.15, -0.1) is 0 Å². The van der Waals surface area contributed by atoms with E-state index in [1.165, 1.54) is 7.11 Å². The predicted molar refractivity (Wildman–Crippen MR) is 102 cm³/mol. The normalized spacial score (nSPS) is 19.0. The second kappa shape index (κ2) is 6.70. The number of cyclic esters (lactones) is 1. The molecule has 7 nitrogen and oxygen atoms in total. The molecule has 1 unspecified atom stereocenters. The highest BCUT2D eigenvalue weighted by atomic mass is 16.7. The number of aliphatic hydroxyl groups excluding tert-OH is 1. The van der Waals surface area contributed by atoms with Crippen molar-refractivity contribution in [3.63, 3.8) is 0 Å². The summed E-state index contributed by atoms with van der Waals surface area (Å²) in [6.07, 6.45) is 0.629. The van der Waals surface area contributed by atoms with Crippen LogP contribution in [0.3, 0.4) is 0 Å². The Kier molecular flexibility index (Phi) is 4.13. The van der Waals surface area contributed by atoms with Crippen LogP contribution in [0.15, 0.2) is 35.4 Å². The van der Waals surface area contributed by atoms with Gasteiger partial charge >= 0.3 is 5.97 Å². The second-order valence-corrected chi connectivity index (χ2v) is 7.18. The molecule has 2 heterocycles. The van der Waals surface area contributed by atoms with E-state index in [0.29, 0.717) is 47.2 Å². The van der Waals surface area contributed by atoms with Crippen molar-refractivity contribution >= 4 is 5.97 Å². The van der Waals surface area contributed by atoms with Crippen molar-refractivity contribution in [3.05, 3.63) is 57.7 Å². The summed E-state index contributed by atoms with van der Waals surface area (Å²) in [5.41, 5.74) is 5.04. The van der Waals surface area contributed by atoms with Crippen LogP contribution in [0.5, 0.6) is 23.0 Å². The molecule has 150 valence electrons. The summed E-state index contributed by atoms with van der Waals surface area (Å²) in [7, 11) is 3.08. The van der Waals surface area contributed by atoms with E-state index in [9.17, 15) is 9.90 Å². The van der Waals surface area contributed by atoms with Gasteiger partial charge in [0, 0.05) is 11.5 Å². The first-order valence-electron chi connectivity index (χ1n) is 9.31. The van der Waals surface area contributed by atoms with Gasteiger partial charge in [-0.1, -0.05) is 0 Å². The Labute approximate surface area is 167 Å². The number of ether oxygens (including phenoxy) is 5. The first kappa shape index (κ1) is 17.9. The van der Waals surface area contributed by atoms with Crippen LogP contribution in [0.1, 0.15) is 28.2 Å². The highest BCUT2D eigenvalue weighted by molar-refractivity contribution is 5.95. The van der Waals surface area contributed by atoms with Crippen molar-refractivity contribution in [2.75, 3.05) is 27.6 Å². The molecule has 0 aromatic heterocycles. The summed E-state index contributed by atoms with van der Waals surface area (Å²) >= 11 is 0. The third-order valence-electron chi connectivity index (χ3n) is 5.70. The number of hydrogen-bond acceptors (Lipinski definition) is 7. The van der Waals surface area contributed by atoms with Gasteiger partial charge < -0.3 is 28.8 Å². The lowest BCUT2D eigenvalue weighted by Gasteiger charge is -2.27. The smallest absolute Gasteiger partial charge is 0.335 e. The Balaban J connectivity index is 1.74. The highest BCUT2D eigenvalue weighted by Gasteiger charge is 2.39. The summed E-state index contributed by atoms with van der Waals surface area (Å²) in [6.45, 7) is 0.256. The molecular weight excluding hydrogens is 376 g/mol. The molecule has 0 spiro atoms. The fourth-order valence-corrected chi connectivity index (χ4v) is 4.42. The predicted octanol–water partition coefficient (Wildman–Crippen LogP) is 2.47. The van der Waals surface area contributed by atoms with Crippen LogP contribution < -0.4 is 18.9 Å². The van der Waals surface area contributed by atoms with Crippen molar-refractivity contribution in [3.8, 4) is 23.0 Å². The van der Waals surface area contributed by atoms with Gasteiger partial charge in [0.1, 0.15) is 6.61 Å². The number of esters is 1. The van der Waals surface area contributed by atoms with Gasteiger partial charge in [0.25, 0.3) is 0 Å². The first-order valence-corrected chi connectivity index (χ1v) is 9.31. The molecule has 1 aliphatic carbocycles. The van der Waals surface area contributed by atoms with E-state index in [1.807, 2.05) is 24.3 Å². The number of hydrogen-bond donors (Lipinski definition) is 1. The lowest BCUT2D eigenvalue weighted by atomic mass is 9.75. The zero-order valence-corrected chi connectivity index (χ0v) is 16.1. The van der Waals surface area contributed by atoms with E-state index in [4.69, 9.17) is 23.7 Å². The van der Waals surface area contributed by atoms with Crippen LogP contribution in [-0.2, 0) is 22.6 Å². The van der Waals surface area contributed by atoms with Crippen LogP contribution >= 0.6 is 0 Å². The van der Waals surface area contributed by atoms with Gasteiger partial charge in [0.05, 0.1) is 26.4 Å². The topological polar surface area (TPSA) is 83.5 Å². The fourth-order valence-electron chi connectivity index (χ4n) is 4.42.